The van der Waals surface area contributed by atoms with Gasteiger partial charge < -0.3 is 4.74 Å². The normalized spacial score (nSPS) is 11.1. The highest BCUT2D eigenvalue weighted by molar-refractivity contribution is 7.80. The number of hydrogen-bond donors (Lipinski definition) is 0. The van der Waals surface area contributed by atoms with E-state index in [1.807, 2.05) is 60.7 Å². The van der Waals surface area contributed by atoms with Gasteiger partial charge in [-0.05, 0) is 35.5 Å². The standard InChI is InChI=1S/C23H18NO2P/c1-26-23(25)19(17-24)16-18-10-8-9-15-22(18)27(20-11-4-2-5-12-20)21-13-6-3-7-14-21/h2-16H,1H3/b19-16+. The summed E-state index contributed by atoms with van der Waals surface area (Å²) >= 11 is 0. The van der Waals surface area contributed by atoms with Gasteiger partial charge in [-0.25, -0.2) is 4.79 Å². The minimum Gasteiger partial charge on any atom is -0.465 e. The van der Waals surface area contributed by atoms with Crippen molar-refractivity contribution in [2.24, 2.45) is 0 Å². The van der Waals surface area contributed by atoms with E-state index in [1.165, 1.54) is 17.7 Å². The van der Waals surface area contributed by atoms with Gasteiger partial charge in [0.2, 0.25) is 0 Å². The third kappa shape index (κ3) is 4.31. The lowest BCUT2D eigenvalue weighted by Gasteiger charge is -2.21. The highest BCUT2D eigenvalue weighted by Gasteiger charge is 2.19. The number of methoxy groups -OCH3 is 1. The van der Waals surface area contributed by atoms with Crippen LogP contribution in [-0.4, -0.2) is 13.1 Å². The first kappa shape index (κ1) is 18.6. The Balaban J connectivity index is 2.19. The summed E-state index contributed by atoms with van der Waals surface area (Å²) in [6.07, 6.45) is 1.61. The summed E-state index contributed by atoms with van der Waals surface area (Å²) in [7, 11) is 0.446. The molecule has 3 nitrogen and oxygen atoms in total. The average molecular weight is 371 g/mol. The molecule has 0 saturated heterocycles. The zero-order valence-electron chi connectivity index (χ0n) is 14.9. The van der Waals surface area contributed by atoms with Crippen LogP contribution >= 0.6 is 7.92 Å². The van der Waals surface area contributed by atoms with E-state index < -0.39 is 13.9 Å². The van der Waals surface area contributed by atoms with Gasteiger partial charge in [0.25, 0.3) is 0 Å². The van der Waals surface area contributed by atoms with E-state index in [0.29, 0.717) is 0 Å². The summed E-state index contributed by atoms with van der Waals surface area (Å²) in [5.74, 6) is -0.629. The summed E-state index contributed by atoms with van der Waals surface area (Å²) in [6.45, 7) is 0. The highest BCUT2D eigenvalue weighted by atomic mass is 31.1. The fourth-order valence-electron chi connectivity index (χ4n) is 2.80. The van der Waals surface area contributed by atoms with Crippen LogP contribution in [-0.2, 0) is 9.53 Å². The van der Waals surface area contributed by atoms with Crippen LogP contribution in [0, 0.1) is 11.3 Å². The SMILES string of the molecule is COC(=O)/C(C#N)=C/c1ccccc1P(c1ccccc1)c1ccccc1. The third-order valence-electron chi connectivity index (χ3n) is 4.03. The molecule has 0 aliphatic rings. The van der Waals surface area contributed by atoms with Gasteiger partial charge in [-0.2, -0.15) is 5.26 Å². The second kappa shape index (κ2) is 8.94. The molecule has 132 valence electrons. The van der Waals surface area contributed by atoms with Gasteiger partial charge in [-0.1, -0.05) is 84.9 Å². The van der Waals surface area contributed by atoms with E-state index in [-0.39, 0.29) is 5.57 Å². The molecule has 0 saturated carbocycles. The molecule has 3 rings (SSSR count). The molecule has 0 bridgehead atoms. The average Bonchev–Trinajstić information content (AvgIpc) is 2.74. The van der Waals surface area contributed by atoms with Gasteiger partial charge in [0.1, 0.15) is 11.6 Å². The number of ether oxygens (including phenoxy) is 1. The Morgan fingerprint density at radius 3 is 1.93 bits per heavy atom. The van der Waals surface area contributed by atoms with Gasteiger partial charge in [-0.3, -0.25) is 0 Å². The summed E-state index contributed by atoms with van der Waals surface area (Å²) in [6, 6.07) is 30.4. The Labute approximate surface area is 160 Å². The molecule has 0 aliphatic carbocycles. The van der Waals surface area contributed by atoms with Crippen LogP contribution in [0.25, 0.3) is 6.08 Å². The predicted octanol–water partition coefficient (Wildman–Crippen LogP) is 3.52. The lowest BCUT2D eigenvalue weighted by molar-refractivity contribution is -0.135. The largest absolute Gasteiger partial charge is 0.465 e. The number of nitrogens with zero attached hydrogens (tertiary/aromatic N) is 1. The maximum atomic E-state index is 11.9. The van der Waals surface area contributed by atoms with Gasteiger partial charge in [0.15, 0.2) is 0 Å². The van der Waals surface area contributed by atoms with E-state index in [9.17, 15) is 10.1 Å². The molecule has 0 amide bonds. The monoisotopic (exact) mass is 371 g/mol. The Kier molecular flexibility index (Phi) is 6.15. The van der Waals surface area contributed by atoms with Gasteiger partial charge in [-0.15, -0.1) is 0 Å². The van der Waals surface area contributed by atoms with Crippen LogP contribution in [0.5, 0.6) is 0 Å². The van der Waals surface area contributed by atoms with Crippen molar-refractivity contribution in [1.82, 2.24) is 0 Å². The number of benzene rings is 3. The Morgan fingerprint density at radius 2 is 1.41 bits per heavy atom. The zero-order chi connectivity index (χ0) is 19.1. The quantitative estimate of drug-likeness (QED) is 0.298. The van der Waals surface area contributed by atoms with Crippen LogP contribution in [0.15, 0.2) is 90.5 Å². The first-order valence-corrected chi connectivity index (χ1v) is 9.78. The molecule has 0 aromatic heterocycles. The topological polar surface area (TPSA) is 50.1 Å². The lowest BCUT2D eigenvalue weighted by atomic mass is 10.1. The molecule has 0 fully saturated rings. The fourth-order valence-corrected chi connectivity index (χ4v) is 5.22. The number of nitriles is 1. The van der Waals surface area contributed by atoms with Crippen molar-refractivity contribution >= 4 is 35.9 Å². The summed E-state index contributed by atoms with van der Waals surface area (Å²) in [5.41, 5.74) is 0.833. The highest BCUT2D eigenvalue weighted by Crippen LogP contribution is 2.34. The molecule has 0 spiro atoms. The van der Waals surface area contributed by atoms with Crippen LogP contribution in [0.3, 0.4) is 0 Å². The molecule has 4 heteroatoms. The van der Waals surface area contributed by atoms with Gasteiger partial charge in [0.05, 0.1) is 7.11 Å². The fraction of sp³-hybridized carbons (Fsp3) is 0.0435. The van der Waals surface area contributed by atoms with E-state index in [0.717, 1.165) is 10.9 Å². The van der Waals surface area contributed by atoms with Crippen LogP contribution in [0.2, 0.25) is 0 Å². The molecule has 0 N–H and O–H groups in total. The number of carbonyl (C=O) groups is 1. The van der Waals surface area contributed by atoms with E-state index in [1.54, 1.807) is 6.08 Å². The van der Waals surface area contributed by atoms with Crippen molar-refractivity contribution in [3.05, 3.63) is 96.1 Å². The van der Waals surface area contributed by atoms with E-state index >= 15 is 0 Å². The van der Waals surface area contributed by atoms with Crippen molar-refractivity contribution in [3.8, 4) is 6.07 Å². The Morgan fingerprint density at radius 1 is 0.889 bits per heavy atom. The molecule has 0 atom stereocenters. The van der Waals surface area contributed by atoms with Crippen molar-refractivity contribution in [3.63, 3.8) is 0 Å². The molecule has 0 heterocycles. The van der Waals surface area contributed by atoms with Gasteiger partial charge in [0, 0.05) is 0 Å². The minimum atomic E-state index is -0.832. The number of carbonyl (C=O) groups excluding carboxylic acids is 1. The molecule has 0 aliphatic heterocycles. The van der Waals surface area contributed by atoms with Crippen LogP contribution in [0.4, 0.5) is 0 Å². The lowest BCUT2D eigenvalue weighted by Crippen LogP contribution is -2.22. The maximum absolute atomic E-state index is 11.9. The maximum Gasteiger partial charge on any atom is 0.348 e. The summed E-state index contributed by atoms with van der Waals surface area (Å²) in [5, 5.41) is 12.8. The number of hydrogen-bond acceptors (Lipinski definition) is 3. The Bertz CT molecular complexity index is 952. The number of esters is 1. The second-order valence-electron chi connectivity index (χ2n) is 5.73. The third-order valence-corrected chi connectivity index (χ3v) is 6.55. The second-order valence-corrected chi connectivity index (χ2v) is 7.91. The van der Waals surface area contributed by atoms with E-state index in [4.69, 9.17) is 4.74 Å². The minimum absolute atomic E-state index is 0.0129. The molecule has 27 heavy (non-hydrogen) atoms. The van der Waals surface area contributed by atoms with E-state index in [2.05, 4.69) is 30.3 Å². The first-order chi connectivity index (χ1) is 13.2. The van der Waals surface area contributed by atoms with Crippen molar-refractivity contribution in [1.29, 1.82) is 5.26 Å². The first-order valence-electron chi connectivity index (χ1n) is 8.44. The molecule has 3 aromatic rings. The molecule has 0 unspecified atom stereocenters. The van der Waals surface area contributed by atoms with Crippen molar-refractivity contribution in [2.45, 2.75) is 0 Å². The molecule has 3 aromatic carbocycles. The van der Waals surface area contributed by atoms with Crippen LogP contribution in [0.1, 0.15) is 5.56 Å². The smallest absolute Gasteiger partial charge is 0.348 e. The summed E-state index contributed by atoms with van der Waals surface area (Å²) in [4.78, 5) is 11.9. The predicted molar refractivity (Wildman–Crippen MR) is 111 cm³/mol. The van der Waals surface area contributed by atoms with Crippen molar-refractivity contribution in [2.75, 3.05) is 7.11 Å². The zero-order valence-corrected chi connectivity index (χ0v) is 15.8. The molecule has 0 radical (unpaired) electrons. The van der Waals surface area contributed by atoms with Crippen molar-refractivity contribution < 1.29 is 9.53 Å². The molecular formula is C23H18NO2P. The van der Waals surface area contributed by atoms with Crippen LogP contribution < -0.4 is 15.9 Å². The number of rotatable bonds is 5. The van der Waals surface area contributed by atoms with Gasteiger partial charge >= 0.3 is 5.97 Å². The molecular weight excluding hydrogens is 353 g/mol. The summed E-state index contributed by atoms with van der Waals surface area (Å²) < 4.78 is 4.72. The Hall–Kier alpha value is -3.21.